The number of amidine groups is 1. The Labute approximate surface area is 127 Å². The average molecular weight is 302 g/mol. The van der Waals surface area contributed by atoms with Crippen LogP contribution in [0.2, 0.25) is 0 Å². The molecular weight excluding hydrogens is 286 g/mol. The molecule has 0 aliphatic carbocycles. The smallest absolute Gasteiger partial charge is 0.172 e. The zero-order valence-corrected chi connectivity index (χ0v) is 12.1. The normalized spacial score (nSPS) is 15.1. The van der Waals surface area contributed by atoms with Crippen molar-refractivity contribution < 1.29 is 13.9 Å². The van der Waals surface area contributed by atoms with Gasteiger partial charge in [-0.3, -0.25) is 4.99 Å². The fraction of sp³-hybridized carbons (Fsp3) is 0.235. The van der Waals surface area contributed by atoms with Gasteiger partial charge in [-0.05, 0) is 35.4 Å². The van der Waals surface area contributed by atoms with Gasteiger partial charge in [-0.15, -0.1) is 0 Å². The van der Waals surface area contributed by atoms with Crippen LogP contribution in [0, 0.1) is 11.6 Å². The van der Waals surface area contributed by atoms with Crippen LogP contribution < -0.4 is 0 Å². The van der Waals surface area contributed by atoms with Gasteiger partial charge in [-0.1, -0.05) is 24.3 Å². The Balaban J connectivity index is 2.17. The number of benzene rings is 2. The highest BCUT2D eigenvalue weighted by molar-refractivity contribution is 5.95. The molecule has 1 aliphatic rings. The van der Waals surface area contributed by atoms with Crippen LogP contribution in [-0.4, -0.2) is 36.0 Å². The van der Waals surface area contributed by atoms with Crippen LogP contribution in [0.1, 0.15) is 11.1 Å². The maximum Gasteiger partial charge on any atom is 0.172 e. The molecule has 0 saturated carbocycles. The minimum absolute atomic E-state index is 0.382. The van der Waals surface area contributed by atoms with Crippen molar-refractivity contribution in [2.24, 2.45) is 4.99 Å². The van der Waals surface area contributed by atoms with E-state index in [9.17, 15) is 13.9 Å². The van der Waals surface area contributed by atoms with E-state index in [1.165, 1.54) is 48.5 Å². The van der Waals surface area contributed by atoms with E-state index >= 15 is 0 Å². The molecule has 1 aliphatic heterocycles. The van der Waals surface area contributed by atoms with Crippen molar-refractivity contribution in [1.82, 2.24) is 4.90 Å². The van der Waals surface area contributed by atoms with Crippen molar-refractivity contribution in [3.63, 3.8) is 0 Å². The van der Waals surface area contributed by atoms with E-state index in [1.807, 2.05) is 11.9 Å². The number of hydrogen-bond acceptors (Lipinski definition) is 3. The summed E-state index contributed by atoms with van der Waals surface area (Å²) in [5, 5.41) is 11.4. The molecule has 0 atom stereocenters. The van der Waals surface area contributed by atoms with Gasteiger partial charge < -0.3 is 10.0 Å². The first-order chi connectivity index (χ1) is 10.5. The molecule has 2 aromatic rings. The van der Waals surface area contributed by atoms with Crippen LogP contribution in [0.5, 0.6) is 0 Å². The number of hydrogen-bond donors (Lipinski definition) is 1. The molecular formula is C17H16F2N2O. The minimum atomic E-state index is -1.54. The third-order valence-electron chi connectivity index (χ3n) is 3.91. The topological polar surface area (TPSA) is 35.8 Å². The first kappa shape index (κ1) is 14.7. The van der Waals surface area contributed by atoms with Gasteiger partial charge >= 0.3 is 0 Å². The summed E-state index contributed by atoms with van der Waals surface area (Å²) in [6.45, 7) is 1.27. The Kier molecular flexibility index (Phi) is 3.66. The van der Waals surface area contributed by atoms with Crippen molar-refractivity contribution in [2.45, 2.75) is 5.60 Å². The molecule has 22 heavy (non-hydrogen) atoms. The molecule has 0 radical (unpaired) electrons. The van der Waals surface area contributed by atoms with Gasteiger partial charge in [0.15, 0.2) is 5.60 Å². The maximum absolute atomic E-state index is 13.2. The number of halogens is 2. The van der Waals surface area contributed by atoms with Crippen LogP contribution in [0.3, 0.4) is 0 Å². The second kappa shape index (κ2) is 5.50. The van der Waals surface area contributed by atoms with E-state index in [0.29, 0.717) is 30.1 Å². The second-order valence-corrected chi connectivity index (χ2v) is 5.35. The highest BCUT2D eigenvalue weighted by atomic mass is 19.1. The first-order valence-electron chi connectivity index (χ1n) is 7.02. The number of rotatable bonds is 3. The van der Waals surface area contributed by atoms with Gasteiger partial charge in [0.05, 0.1) is 6.54 Å². The lowest BCUT2D eigenvalue weighted by Crippen LogP contribution is -2.44. The summed E-state index contributed by atoms with van der Waals surface area (Å²) >= 11 is 0. The Morgan fingerprint density at radius 1 is 0.955 bits per heavy atom. The largest absolute Gasteiger partial charge is 0.373 e. The molecule has 0 spiro atoms. The van der Waals surface area contributed by atoms with Gasteiger partial charge in [-0.25, -0.2) is 8.78 Å². The summed E-state index contributed by atoms with van der Waals surface area (Å²) in [4.78, 5) is 6.25. The Bertz CT molecular complexity index is 650. The second-order valence-electron chi connectivity index (χ2n) is 5.35. The molecule has 0 aromatic heterocycles. The highest BCUT2D eigenvalue weighted by Crippen LogP contribution is 2.33. The Morgan fingerprint density at radius 2 is 1.41 bits per heavy atom. The summed E-state index contributed by atoms with van der Waals surface area (Å²) in [7, 11) is 1.84. The molecule has 0 amide bonds. The standard InChI is InChI=1S/C17H16F2N2O/c1-21-11-10-20-16(21)17(22,12-2-6-14(18)7-3-12)13-4-8-15(19)9-5-13/h2-9,22H,10-11H2,1H3. The lowest BCUT2D eigenvalue weighted by molar-refractivity contribution is 0.143. The monoisotopic (exact) mass is 302 g/mol. The van der Waals surface area contributed by atoms with E-state index in [1.54, 1.807) is 0 Å². The molecule has 3 rings (SSSR count). The summed E-state index contributed by atoms with van der Waals surface area (Å²) in [5.74, 6) is -0.287. The van der Waals surface area contributed by atoms with Gasteiger partial charge in [-0.2, -0.15) is 0 Å². The summed E-state index contributed by atoms with van der Waals surface area (Å²) in [6.07, 6.45) is 0. The third-order valence-corrected chi connectivity index (χ3v) is 3.91. The molecule has 1 heterocycles. The molecule has 0 bridgehead atoms. The molecule has 0 fully saturated rings. The number of nitrogens with zero attached hydrogens (tertiary/aromatic N) is 2. The molecule has 5 heteroatoms. The van der Waals surface area contributed by atoms with Crippen molar-refractivity contribution in [3.05, 3.63) is 71.3 Å². The van der Waals surface area contributed by atoms with Gasteiger partial charge in [0.2, 0.25) is 0 Å². The molecule has 0 unspecified atom stereocenters. The predicted molar refractivity (Wildman–Crippen MR) is 80.7 cm³/mol. The van der Waals surface area contributed by atoms with Gasteiger partial charge in [0, 0.05) is 13.6 Å². The van der Waals surface area contributed by atoms with Gasteiger partial charge in [0.25, 0.3) is 0 Å². The number of aliphatic hydroxyl groups is 1. The van der Waals surface area contributed by atoms with Crippen LogP contribution in [0.25, 0.3) is 0 Å². The molecule has 0 saturated heterocycles. The number of likely N-dealkylation sites (N-methyl/N-ethyl adjacent to an activating group) is 1. The van der Waals surface area contributed by atoms with Crippen LogP contribution in [-0.2, 0) is 5.60 Å². The van der Waals surface area contributed by atoms with E-state index < -0.39 is 5.60 Å². The van der Waals surface area contributed by atoms with Gasteiger partial charge in [0.1, 0.15) is 17.5 Å². The SMILES string of the molecule is CN1CCN=C1C(O)(c1ccc(F)cc1)c1ccc(F)cc1. The van der Waals surface area contributed by atoms with E-state index in [2.05, 4.69) is 4.99 Å². The molecule has 2 aromatic carbocycles. The van der Waals surface area contributed by atoms with E-state index in [0.717, 1.165) is 0 Å². The van der Waals surface area contributed by atoms with Crippen molar-refractivity contribution in [2.75, 3.05) is 20.1 Å². The number of aliphatic imine (C=N–C) groups is 1. The lowest BCUT2D eigenvalue weighted by Gasteiger charge is -2.33. The zero-order valence-electron chi connectivity index (χ0n) is 12.1. The zero-order chi connectivity index (χ0) is 15.7. The van der Waals surface area contributed by atoms with Crippen molar-refractivity contribution in [1.29, 1.82) is 0 Å². The minimum Gasteiger partial charge on any atom is -0.373 e. The summed E-state index contributed by atoms with van der Waals surface area (Å²) < 4.78 is 26.4. The predicted octanol–water partition coefficient (Wildman–Crippen LogP) is 2.54. The molecule has 3 nitrogen and oxygen atoms in total. The Hall–Kier alpha value is -2.27. The average Bonchev–Trinajstić information content (AvgIpc) is 2.94. The highest BCUT2D eigenvalue weighted by Gasteiger charge is 2.41. The summed E-state index contributed by atoms with van der Waals surface area (Å²) in [5.41, 5.74) is -0.548. The fourth-order valence-electron chi connectivity index (χ4n) is 2.73. The molecule has 1 N–H and O–H groups in total. The summed E-state index contributed by atoms with van der Waals surface area (Å²) in [6, 6.07) is 11.2. The van der Waals surface area contributed by atoms with Crippen LogP contribution in [0.15, 0.2) is 53.5 Å². The fourth-order valence-corrected chi connectivity index (χ4v) is 2.73. The third kappa shape index (κ3) is 2.37. The molecule has 114 valence electrons. The van der Waals surface area contributed by atoms with E-state index in [-0.39, 0.29) is 11.6 Å². The Morgan fingerprint density at radius 3 is 1.77 bits per heavy atom. The van der Waals surface area contributed by atoms with Crippen molar-refractivity contribution in [3.8, 4) is 0 Å². The van der Waals surface area contributed by atoms with E-state index in [4.69, 9.17) is 0 Å². The van der Waals surface area contributed by atoms with Crippen LogP contribution >= 0.6 is 0 Å². The quantitative estimate of drug-likeness (QED) is 0.946. The lowest BCUT2D eigenvalue weighted by atomic mass is 9.84. The maximum atomic E-state index is 13.2. The first-order valence-corrected chi connectivity index (χ1v) is 7.02. The van der Waals surface area contributed by atoms with Crippen molar-refractivity contribution >= 4 is 5.84 Å². The van der Waals surface area contributed by atoms with Crippen LogP contribution in [0.4, 0.5) is 8.78 Å².